The first-order valence-corrected chi connectivity index (χ1v) is 8.53. The first-order chi connectivity index (χ1) is 11.7. The minimum atomic E-state index is -0.336. The molecule has 0 spiro atoms. The van der Waals surface area contributed by atoms with Crippen molar-refractivity contribution in [3.8, 4) is 10.6 Å². The molecule has 0 amide bonds. The number of nitrogens with one attached hydrogen (secondary N) is 2. The summed E-state index contributed by atoms with van der Waals surface area (Å²) >= 11 is 7.62. The number of thiazole rings is 1. The quantitative estimate of drug-likeness (QED) is 0.534. The van der Waals surface area contributed by atoms with Crippen molar-refractivity contribution in [2.24, 2.45) is 0 Å². The third-order valence-electron chi connectivity index (χ3n) is 3.66. The predicted molar refractivity (Wildman–Crippen MR) is 95.9 cm³/mol. The van der Waals surface area contributed by atoms with E-state index >= 15 is 0 Å². The van der Waals surface area contributed by atoms with E-state index in [1.807, 2.05) is 23.6 Å². The first kappa shape index (κ1) is 15.1. The first-order valence-electron chi connectivity index (χ1n) is 7.27. The van der Waals surface area contributed by atoms with Gasteiger partial charge in [-0.3, -0.25) is 0 Å². The van der Waals surface area contributed by atoms with Crippen LogP contribution in [0, 0.1) is 5.82 Å². The number of aromatic amines is 1. The zero-order chi connectivity index (χ0) is 16.5. The number of hydrogen-bond acceptors (Lipinski definition) is 4. The average molecular weight is 359 g/mol. The van der Waals surface area contributed by atoms with E-state index in [2.05, 4.69) is 20.3 Å². The third-order valence-corrected chi connectivity index (χ3v) is 4.83. The SMILES string of the molecule is Fc1cccc(Cl)c1CNc1nc2ccc(-c3nccs3)cc2[nH]1. The second-order valence-electron chi connectivity index (χ2n) is 5.21. The van der Waals surface area contributed by atoms with Crippen LogP contribution in [0.15, 0.2) is 48.0 Å². The van der Waals surface area contributed by atoms with Crippen LogP contribution in [0.5, 0.6) is 0 Å². The number of fused-ring (bicyclic) bond motifs is 1. The third kappa shape index (κ3) is 2.86. The molecule has 120 valence electrons. The number of rotatable bonds is 4. The normalized spacial score (nSPS) is 11.1. The van der Waals surface area contributed by atoms with Gasteiger partial charge in [0.1, 0.15) is 10.8 Å². The number of halogens is 2. The van der Waals surface area contributed by atoms with Crippen LogP contribution in [0.3, 0.4) is 0 Å². The Hall–Kier alpha value is -2.44. The van der Waals surface area contributed by atoms with Crippen LogP contribution in [0.4, 0.5) is 10.3 Å². The van der Waals surface area contributed by atoms with E-state index in [0.717, 1.165) is 21.6 Å². The Balaban J connectivity index is 1.59. The fraction of sp³-hybridized carbons (Fsp3) is 0.0588. The molecule has 2 aromatic heterocycles. The summed E-state index contributed by atoms with van der Waals surface area (Å²) in [5.74, 6) is 0.234. The highest BCUT2D eigenvalue weighted by Crippen LogP contribution is 2.26. The number of aromatic nitrogens is 3. The predicted octanol–water partition coefficient (Wildman–Crippen LogP) is 5.09. The van der Waals surface area contributed by atoms with Crippen molar-refractivity contribution in [1.29, 1.82) is 0 Å². The molecule has 0 saturated carbocycles. The molecule has 0 radical (unpaired) electrons. The second kappa shape index (κ2) is 6.22. The summed E-state index contributed by atoms with van der Waals surface area (Å²) in [5.41, 5.74) is 3.18. The lowest BCUT2D eigenvalue weighted by atomic mass is 10.2. The summed E-state index contributed by atoms with van der Waals surface area (Å²) in [5, 5.41) is 6.37. The largest absolute Gasteiger partial charge is 0.352 e. The highest BCUT2D eigenvalue weighted by atomic mass is 35.5. The Kier molecular flexibility index (Phi) is 3.92. The molecule has 4 nitrogen and oxygen atoms in total. The molecule has 2 aromatic carbocycles. The van der Waals surface area contributed by atoms with Crippen molar-refractivity contribution < 1.29 is 4.39 Å². The van der Waals surface area contributed by atoms with Gasteiger partial charge in [0.25, 0.3) is 0 Å². The van der Waals surface area contributed by atoms with Gasteiger partial charge in [0.15, 0.2) is 0 Å². The van der Waals surface area contributed by atoms with Crippen LogP contribution >= 0.6 is 22.9 Å². The highest BCUT2D eigenvalue weighted by molar-refractivity contribution is 7.13. The molecule has 24 heavy (non-hydrogen) atoms. The van der Waals surface area contributed by atoms with Gasteiger partial charge in [-0.15, -0.1) is 11.3 Å². The van der Waals surface area contributed by atoms with Gasteiger partial charge in [0.05, 0.1) is 11.0 Å². The summed E-state index contributed by atoms with van der Waals surface area (Å²) in [6.07, 6.45) is 1.78. The summed E-state index contributed by atoms with van der Waals surface area (Å²) < 4.78 is 13.8. The maximum absolute atomic E-state index is 13.8. The monoisotopic (exact) mass is 358 g/mol. The fourth-order valence-electron chi connectivity index (χ4n) is 2.47. The van der Waals surface area contributed by atoms with Crippen molar-refractivity contribution in [1.82, 2.24) is 15.0 Å². The van der Waals surface area contributed by atoms with E-state index in [4.69, 9.17) is 11.6 Å². The van der Waals surface area contributed by atoms with Gasteiger partial charge < -0.3 is 10.3 Å². The number of imidazole rings is 1. The number of anilines is 1. The minimum Gasteiger partial charge on any atom is -0.352 e. The molecule has 2 N–H and O–H groups in total. The van der Waals surface area contributed by atoms with Crippen molar-refractivity contribution in [3.63, 3.8) is 0 Å². The summed E-state index contributed by atoms with van der Waals surface area (Å²) in [7, 11) is 0. The van der Waals surface area contributed by atoms with Crippen molar-refractivity contribution in [2.75, 3.05) is 5.32 Å². The van der Waals surface area contributed by atoms with E-state index in [1.54, 1.807) is 29.7 Å². The van der Waals surface area contributed by atoms with Crippen LogP contribution in [-0.2, 0) is 6.54 Å². The molecule has 0 bridgehead atoms. The maximum atomic E-state index is 13.8. The van der Waals surface area contributed by atoms with Crippen molar-refractivity contribution in [2.45, 2.75) is 6.54 Å². The maximum Gasteiger partial charge on any atom is 0.201 e. The Bertz CT molecular complexity index is 977. The van der Waals surface area contributed by atoms with Gasteiger partial charge in [-0.1, -0.05) is 17.7 Å². The number of nitrogens with zero attached hydrogens (tertiary/aromatic N) is 2. The molecule has 0 fully saturated rings. The molecule has 0 unspecified atom stereocenters. The van der Waals surface area contributed by atoms with E-state index in [9.17, 15) is 4.39 Å². The van der Waals surface area contributed by atoms with Gasteiger partial charge in [0, 0.05) is 34.3 Å². The van der Waals surface area contributed by atoms with Crippen LogP contribution in [-0.4, -0.2) is 15.0 Å². The summed E-state index contributed by atoms with van der Waals surface area (Å²) in [6.45, 7) is 0.255. The lowest BCUT2D eigenvalue weighted by molar-refractivity contribution is 0.613. The lowest BCUT2D eigenvalue weighted by Gasteiger charge is -2.06. The standard InChI is InChI=1S/C17H12ClFN4S/c18-12-2-1-3-13(19)11(12)9-21-17-22-14-5-4-10(8-15(14)23-17)16-20-6-7-24-16/h1-8H,9H2,(H2,21,22,23). The molecule has 4 rings (SSSR count). The van der Waals surface area contributed by atoms with Gasteiger partial charge >= 0.3 is 0 Å². The second-order valence-corrected chi connectivity index (χ2v) is 6.51. The van der Waals surface area contributed by atoms with E-state index in [1.165, 1.54) is 6.07 Å². The van der Waals surface area contributed by atoms with Crippen LogP contribution in [0.1, 0.15) is 5.56 Å². The average Bonchev–Trinajstić information content (AvgIpc) is 3.23. The molecule has 0 aliphatic heterocycles. The van der Waals surface area contributed by atoms with Gasteiger partial charge in [-0.2, -0.15) is 0 Å². The molecule has 4 aromatic rings. The zero-order valence-corrected chi connectivity index (χ0v) is 14.0. The van der Waals surface area contributed by atoms with Gasteiger partial charge in [0.2, 0.25) is 5.95 Å². The smallest absolute Gasteiger partial charge is 0.201 e. The van der Waals surface area contributed by atoms with Crippen LogP contribution in [0.2, 0.25) is 5.02 Å². The van der Waals surface area contributed by atoms with Gasteiger partial charge in [-0.25, -0.2) is 14.4 Å². The molecule has 2 heterocycles. The van der Waals surface area contributed by atoms with Crippen molar-refractivity contribution >= 4 is 39.9 Å². The summed E-state index contributed by atoms with van der Waals surface area (Å²) in [4.78, 5) is 12.0. The van der Waals surface area contributed by atoms with Crippen LogP contribution < -0.4 is 5.32 Å². The molecule has 0 aliphatic carbocycles. The van der Waals surface area contributed by atoms with E-state index in [0.29, 0.717) is 16.5 Å². The molecular weight excluding hydrogens is 347 g/mol. The Morgan fingerprint density at radius 2 is 2.17 bits per heavy atom. The Morgan fingerprint density at radius 3 is 2.96 bits per heavy atom. The van der Waals surface area contributed by atoms with Gasteiger partial charge in [-0.05, 0) is 30.3 Å². The topological polar surface area (TPSA) is 53.6 Å². The molecule has 0 atom stereocenters. The number of hydrogen-bond donors (Lipinski definition) is 2. The highest BCUT2D eigenvalue weighted by Gasteiger charge is 2.09. The molecular formula is C17H12ClFN4S. The fourth-order valence-corrected chi connectivity index (χ4v) is 3.33. The summed E-state index contributed by atoms with van der Waals surface area (Å²) in [6, 6.07) is 10.6. The molecule has 0 saturated heterocycles. The van der Waals surface area contributed by atoms with Crippen molar-refractivity contribution in [3.05, 3.63) is 64.4 Å². The Morgan fingerprint density at radius 1 is 1.25 bits per heavy atom. The number of H-pyrrole nitrogens is 1. The molecule has 0 aliphatic rings. The Labute approximate surface area is 146 Å². The minimum absolute atomic E-state index is 0.255. The molecule has 7 heteroatoms. The van der Waals surface area contributed by atoms with Crippen LogP contribution in [0.25, 0.3) is 21.6 Å². The zero-order valence-electron chi connectivity index (χ0n) is 12.4. The van der Waals surface area contributed by atoms with E-state index in [-0.39, 0.29) is 12.4 Å². The lowest BCUT2D eigenvalue weighted by Crippen LogP contribution is -2.03. The number of benzene rings is 2. The van der Waals surface area contributed by atoms with E-state index < -0.39 is 0 Å².